The topological polar surface area (TPSA) is 101 Å². The summed E-state index contributed by atoms with van der Waals surface area (Å²) in [6.45, 7) is 6.57. The van der Waals surface area contributed by atoms with Crippen LogP contribution in [-0.2, 0) is 4.74 Å². The molecule has 0 aliphatic carbocycles. The first-order chi connectivity index (χ1) is 17.1. The molecular weight excluding hydrogens is 442 g/mol. The molecule has 2 fully saturated rings. The van der Waals surface area contributed by atoms with Gasteiger partial charge >= 0.3 is 0 Å². The molecule has 2 saturated heterocycles. The lowest BCUT2D eigenvalue weighted by Crippen LogP contribution is -2.33. The van der Waals surface area contributed by atoms with Gasteiger partial charge in [0.15, 0.2) is 5.65 Å². The monoisotopic (exact) mass is 473 g/mol. The number of ether oxygens (including phenoxy) is 1. The average Bonchev–Trinajstić information content (AvgIpc) is 3.51. The zero-order valence-corrected chi connectivity index (χ0v) is 20.2. The third kappa shape index (κ3) is 4.19. The van der Waals surface area contributed by atoms with E-state index in [1.807, 2.05) is 23.6 Å². The molecule has 2 aliphatic rings. The minimum Gasteiger partial charge on any atom is -0.394 e. The van der Waals surface area contributed by atoms with Gasteiger partial charge in [-0.3, -0.25) is 0 Å². The molecule has 0 unspecified atom stereocenters. The van der Waals surface area contributed by atoms with Crippen molar-refractivity contribution in [3.63, 3.8) is 0 Å². The number of anilines is 2. The molecule has 0 amide bonds. The Morgan fingerprint density at radius 3 is 2.71 bits per heavy atom. The highest BCUT2D eigenvalue weighted by atomic mass is 16.5. The molecule has 0 bridgehead atoms. The number of aliphatic hydroxyl groups is 1. The van der Waals surface area contributed by atoms with Crippen LogP contribution in [0.5, 0.6) is 0 Å². The number of aryl methyl sites for hydroxylation is 2. The summed E-state index contributed by atoms with van der Waals surface area (Å²) in [4.78, 5) is 16.9. The molecule has 1 atom stereocenters. The van der Waals surface area contributed by atoms with Gasteiger partial charge < -0.3 is 20.1 Å². The Labute approximate surface area is 204 Å². The van der Waals surface area contributed by atoms with Crippen molar-refractivity contribution in [2.45, 2.75) is 51.6 Å². The van der Waals surface area contributed by atoms with E-state index in [0.717, 1.165) is 96.4 Å². The van der Waals surface area contributed by atoms with Crippen LogP contribution in [0.2, 0.25) is 0 Å². The SMILES string of the molecule is Cc1ccc2nc(C)c(-c3cc4nc(N5CCC[C@H]5CO)cc(NC5CCOCC5)n4n3)nc2c1. The third-order valence-electron chi connectivity index (χ3n) is 7.11. The number of nitrogens with zero attached hydrogens (tertiary/aromatic N) is 6. The minimum atomic E-state index is 0.0973. The van der Waals surface area contributed by atoms with E-state index in [2.05, 4.69) is 35.3 Å². The first-order valence-electron chi connectivity index (χ1n) is 12.5. The van der Waals surface area contributed by atoms with Crippen molar-refractivity contribution in [2.75, 3.05) is 36.6 Å². The molecule has 1 aromatic carbocycles. The molecule has 4 aromatic rings. The molecule has 2 aliphatic heterocycles. The summed E-state index contributed by atoms with van der Waals surface area (Å²) < 4.78 is 7.43. The highest BCUT2D eigenvalue weighted by molar-refractivity contribution is 5.79. The standard InChI is InChI=1S/C26H31N7O2/c1-16-5-6-20-21(12-16)29-26(17(2)27-20)22-13-24-30-23(32-9-3-4-19(32)15-34)14-25(33(24)31-22)28-18-7-10-35-11-8-18/h5-6,12-14,18-19,28,34H,3-4,7-11,15H2,1-2H3/t19-/m0/s1. The Morgan fingerprint density at radius 2 is 1.89 bits per heavy atom. The zero-order chi connectivity index (χ0) is 23.9. The minimum absolute atomic E-state index is 0.0973. The van der Waals surface area contributed by atoms with Crippen LogP contribution in [0.4, 0.5) is 11.6 Å². The van der Waals surface area contributed by atoms with Gasteiger partial charge in [-0.05, 0) is 57.2 Å². The number of aromatic nitrogens is 5. The van der Waals surface area contributed by atoms with Crippen LogP contribution in [0.25, 0.3) is 28.1 Å². The maximum absolute atomic E-state index is 9.90. The van der Waals surface area contributed by atoms with Crippen LogP contribution in [0.1, 0.15) is 36.9 Å². The van der Waals surface area contributed by atoms with Gasteiger partial charge in [0.2, 0.25) is 0 Å². The first-order valence-corrected chi connectivity index (χ1v) is 12.5. The molecule has 0 saturated carbocycles. The van der Waals surface area contributed by atoms with Crippen molar-refractivity contribution < 1.29 is 9.84 Å². The number of nitrogens with one attached hydrogen (secondary N) is 1. The van der Waals surface area contributed by atoms with Crippen LogP contribution >= 0.6 is 0 Å². The van der Waals surface area contributed by atoms with Gasteiger partial charge in [0.25, 0.3) is 0 Å². The number of rotatable bonds is 5. The van der Waals surface area contributed by atoms with Crippen molar-refractivity contribution >= 4 is 28.3 Å². The second kappa shape index (κ2) is 9.05. The summed E-state index contributed by atoms with van der Waals surface area (Å²) in [6, 6.07) is 10.6. The van der Waals surface area contributed by atoms with E-state index in [1.165, 1.54) is 0 Å². The van der Waals surface area contributed by atoms with E-state index >= 15 is 0 Å². The maximum atomic E-state index is 9.90. The van der Waals surface area contributed by atoms with Crippen molar-refractivity contribution in [3.05, 3.63) is 41.6 Å². The van der Waals surface area contributed by atoms with Crippen molar-refractivity contribution in [3.8, 4) is 11.4 Å². The highest BCUT2D eigenvalue weighted by Crippen LogP contribution is 2.30. The Bertz CT molecular complexity index is 1380. The lowest BCUT2D eigenvalue weighted by atomic mass is 10.1. The molecule has 9 heteroatoms. The summed E-state index contributed by atoms with van der Waals surface area (Å²) >= 11 is 0. The van der Waals surface area contributed by atoms with Gasteiger partial charge in [0.05, 0.1) is 29.4 Å². The highest BCUT2D eigenvalue weighted by Gasteiger charge is 2.27. The summed E-state index contributed by atoms with van der Waals surface area (Å²) in [5.41, 5.74) is 5.99. The predicted octanol–water partition coefficient (Wildman–Crippen LogP) is 3.51. The number of benzene rings is 1. The van der Waals surface area contributed by atoms with Gasteiger partial charge in [-0.25, -0.2) is 15.0 Å². The van der Waals surface area contributed by atoms with Crippen molar-refractivity contribution in [2.24, 2.45) is 0 Å². The van der Waals surface area contributed by atoms with Gasteiger partial charge in [-0.1, -0.05) is 6.07 Å². The molecule has 182 valence electrons. The Morgan fingerprint density at radius 1 is 1.03 bits per heavy atom. The van der Waals surface area contributed by atoms with E-state index in [9.17, 15) is 5.11 Å². The molecule has 0 spiro atoms. The number of fused-ring (bicyclic) bond motifs is 2. The number of aliphatic hydroxyl groups excluding tert-OH is 1. The van der Waals surface area contributed by atoms with E-state index in [0.29, 0.717) is 6.04 Å². The lowest BCUT2D eigenvalue weighted by molar-refractivity contribution is 0.0903. The van der Waals surface area contributed by atoms with Crippen LogP contribution < -0.4 is 10.2 Å². The van der Waals surface area contributed by atoms with Crippen LogP contribution in [0.15, 0.2) is 30.3 Å². The maximum Gasteiger partial charge on any atom is 0.160 e. The van der Waals surface area contributed by atoms with E-state index < -0.39 is 0 Å². The van der Waals surface area contributed by atoms with Gasteiger partial charge in [-0.15, -0.1) is 0 Å². The second-order valence-corrected chi connectivity index (χ2v) is 9.65. The normalized spacial score (nSPS) is 19.2. The van der Waals surface area contributed by atoms with Crippen LogP contribution in [0, 0.1) is 13.8 Å². The van der Waals surface area contributed by atoms with Crippen molar-refractivity contribution in [1.29, 1.82) is 0 Å². The number of hydrogen-bond donors (Lipinski definition) is 2. The van der Waals surface area contributed by atoms with Crippen LogP contribution in [-0.4, -0.2) is 68.1 Å². The Kier molecular flexibility index (Phi) is 5.74. The smallest absolute Gasteiger partial charge is 0.160 e. The number of hydrogen-bond acceptors (Lipinski definition) is 8. The van der Waals surface area contributed by atoms with Gasteiger partial charge in [0.1, 0.15) is 23.0 Å². The summed E-state index contributed by atoms with van der Waals surface area (Å²) in [7, 11) is 0. The molecule has 0 radical (unpaired) electrons. The Hall–Kier alpha value is -3.30. The third-order valence-corrected chi connectivity index (χ3v) is 7.11. The molecule has 3 aromatic heterocycles. The fraction of sp³-hybridized carbons (Fsp3) is 0.462. The average molecular weight is 474 g/mol. The fourth-order valence-electron chi connectivity index (χ4n) is 5.20. The van der Waals surface area contributed by atoms with Crippen LogP contribution in [0.3, 0.4) is 0 Å². The summed E-state index contributed by atoms with van der Waals surface area (Å²) in [5, 5.41) is 18.5. The quantitative estimate of drug-likeness (QED) is 0.454. The molecule has 6 rings (SSSR count). The molecule has 5 heterocycles. The van der Waals surface area contributed by atoms with E-state index in [-0.39, 0.29) is 12.6 Å². The Balaban J connectivity index is 1.46. The molecular formula is C26H31N7O2. The lowest BCUT2D eigenvalue weighted by Gasteiger charge is -2.27. The van der Waals surface area contributed by atoms with Gasteiger partial charge in [-0.2, -0.15) is 9.61 Å². The zero-order valence-electron chi connectivity index (χ0n) is 20.2. The summed E-state index contributed by atoms with van der Waals surface area (Å²) in [5.74, 6) is 1.76. The van der Waals surface area contributed by atoms with Crippen molar-refractivity contribution in [1.82, 2.24) is 24.6 Å². The first kappa shape index (κ1) is 22.2. The fourth-order valence-corrected chi connectivity index (χ4v) is 5.20. The van der Waals surface area contributed by atoms with E-state index in [4.69, 9.17) is 24.8 Å². The molecule has 2 N–H and O–H groups in total. The summed E-state index contributed by atoms with van der Waals surface area (Å²) in [6.07, 6.45) is 3.92. The second-order valence-electron chi connectivity index (χ2n) is 9.65. The largest absolute Gasteiger partial charge is 0.394 e. The van der Waals surface area contributed by atoms with Gasteiger partial charge in [0, 0.05) is 37.9 Å². The molecule has 9 nitrogen and oxygen atoms in total. The predicted molar refractivity (Wildman–Crippen MR) is 136 cm³/mol. The van der Waals surface area contributed by atoms with E-state index in [1.54, 1.807) is 0 Å². The molecule has 35 heavy (non-hydrogen) atoms.